The summed E-state index contributed by atoms with van der Waals surface area (Å²) in [5, 5.41) is 28.9. The Morgan fingerprint density at radius 1 is 0.956 bits per heavy atom. The molecule has 0 unspecified atom stereocenters. The number of hydrogen-bond acceptors (Lipinski definition) is 7. The van der Waals surface area contributed by atoms with E-state index in [-0.39, 0.29) is 6.03 Å². The Labute approximate surface area is 265 Å². The molecule has 2 aliphatic heterocycles. The van der Waals surface area contributed by atoms with Gasteiger partial charge in [-0.25, -0.2) is 14.4 Å². The van der Waals surface area contributed by atoms with E-state index in [0.717, 1.165) is 35.5 Å². The van der Waals surface area contributed by atoms with Gasteiger partial charge >= 0.3 is 18.0 Å². The summed E-state index contributed by atoms with van der Waals surface area (Å²) in [6, 6.07) is 20.8. The molecule has 11 heteroatoms. The zero-order chi connectivity index (χ0) is 31.9. The number of hydrogen-bond donors (Lipinski definition) is 4. The number of aliphatic carboxylic acids is 2. The molecule has 2 aliphatic rings. The van der Waals surface area contributed by atoms with Gasteiger partial charge in [-0.15, -0.1) is 11.3 Å². The Kier molecular flexibility index (Phi) is 10.2. The number of benzene rings is 3. The van der Waals surface area contributed by atoms with Crippen LogP contribution in [0.5, 0.6) is 11.5 Å². The van der Waals surface area contributed by atoms with Gasteiger partial charge in [0, 0.05) is 29.2 Å². The van der Waals surface area contributed by atoms with Gasteiger partial charge in [-0.2, -0.15) is 0 Å². The smallest absolute Gasteiger partial charge is 0.414 e. The second-order valence-corrected chi connectivity index (χ2v) is 12.3. The minimum Gasteiger partial charge on any atom is -0.508 e. The van der Waals surface area contributed by atoms with Gasteiger partial charge in [0.1, 0.15) is 18.1 Å². The summed E-state index contributed by atoms with van der Waals surface area (Å²) in [6.45, 7) is 8.15. The van der Waals surface area contributed by atoms with Crippen molar-refractivity contribution in [3.8, 4) is 21.9 Å². The Hall–Kier alpha value is -4.61. The molecule has 0 saturated carbocycles. The number of urea groups is 1. The molecule has 0 atom stereocenters. The van der Waals surface area contributed by atoms with Gasteiger partial charge in [-0.1, -0.05) is 18.2 Å². The first kappa shape index (κ1) is 31.8. The average Bonchev–Trinajstić information content (AvgIpc) is 3.76. The predicted octanol–water partition coefficient (Wildman–Crippen LogP) is 5.33. The maximum atomic E-state index is 11.7. The molecule has 45 heavy (non-hydrogen) atoms. The minimum atomic E-state index is -1.82. The SMILES string of the molecule is Cc1cc(Cc2c(-c3ccc(OCCN4CCNC4=O)cc3)sc3cc(O)ccc23)ccc1CN1CCCC1.O=C(O)C(=O)O. The summed E-state index contributed by atoms with van der Waals surface area (Å²) >= 11 is 1.72. The number of carbonyl (C=O) groups excluding carboxylic acids is 1. The van der Waals surface area contributed by atoms with Crippen molar-refractivity contribution in [2.24, 2.45) is 0 Å². The van der Waals surface area contributed by atoms with Gasteiger partial charge in [0.15, 0.2) is 0 Å². The van der Waals surface area contributed by atoms with Crippen molar-refractivity contribution in [1.82, 2.24) is 15.1 Å². The molecule has 2 fully saturated rings. The van der Waals surface area contributed by atoms with Gasteiger partial charge in [0.05, 0.1) is 6.54 Å². The number of aromatic hydroxyl groups is 1. The summed E-state index contributed by atoms with van der Waals surface area (Å²) in [5.41, 5.74) is 6.50. The molecule has 0 aliphatic carbocycles. The Bertz CT molecular complexity index is 1670. The largest absolute Gasteiger partial charge is 0.508 e. The third-order valence-electron chi connectivity index (χ3n) is 8.03. The van der Waals surface area contributed by atoms with Gasteiger partial charge in [0.25, 0.3) is 0 Å². The lowest BCUT2D eigenvalue weighted by molar-refractivity contribution is -0.159. The van der Waals surface area contributed by atoms with Crippen molar-refractivity contribution in [2.75, 3.05) is 39.3 Å². The monoisotopic (exact) mass is 631 g/mol. The van der Waals surface area contributed by atoms with Crippen molar-refractivity contribution in [1.29, 1.82) is 0 Å². The number of thiophene rings is 1. The molecular weight excluding hydrogens is 594 g/mol. The van der Waals surface area contributed by atoms with E-state index >= 15 is 0 Å². The van der Waals surface area contributed by atoms with Crippen LogP contribution in [0.3, 0.4) is 0 Å². The van der Waals surface area contributed by atoms with Crippen LogP contribution in [0.25, 0.3) is 20.5 Å². The highest BCUT2D eigenvalue weighted by atomic mass is 32.1. The van der Waals surface area contributed by atoms with E-state index in [1.807, 2.05) is 24.3 Å². The number of phenols is 1. The maximum Gasteiger partial charge on any atom is 0.414 e. The molecule has 0 spiro atoms. The molecule has 236 valence electrons. The molecule has 6 rings (SSSR count). The van der Waals surface area contributed by atoms with E-state index in [1.165, 1.54) is 58.4 Å². The normalized spacial score (nSPS) is 14.7. The number of carboxylic acid groups (broad SMARTS) is 2. The molecule has 4 N–H and O–H groups in total. The summed E-state index contributed by atoms with van der Waals surface area (Å²) in [7, 11) is 0. The number of nitrogens with one attached hydrogen (secondary N) is 1. The van der Waals surface area contributed by atoms with E-state index in [0.29, 0.717) is 25.4 Å². The van der Waals surface area contributed by atoms with Crippen molar-refractivity contribution >= 4 is 39.4 Å². The molecule has 0 radical (unpaired) electrons. The fourth-order valence-electron chi connectivity index (χ4n) is 5.68. The third-order valence-corrected chi connectivity index (χ3v) is 9.28. The third kappa shape index (κ3) is 8.11. The summed E-state index contributed by atoms with van der Waals surface area (Å²) in [5.74, 6) is -2.56. The lowest BCUT2D eigenvalue weighted by Crippen LogP contribution is -2.31. The van der Waals surface area contributed by atoms with Crippen LogP contribution in [0.15, 0.2) is 60.7 Å². The highest BCUT2D eigenvalue weighted by Gasteiger charge is 2.19. The predicted molar refractivity (Wildman–Crippen MR) is 173 cm³/mol. The molecule has 10 nitrogen and oxygen atoms in total. The number of ether oxygens (including phenoxy) is 1. The first-order chi connectivity index (χ1) is 21.7. The highest BCUT2D eigenvalue weighted by Crippen LogP contribution is 2.41. The molecule has 3 aromatic carbocycles. The minimum absolute atomic E-state index is 0.0197. The lowest BCUT2D eigenvalue weighted by atomic mass is 9.96. The number of carbonyl (C=O) groups is 3. The van der Waals surface area contributed by atoms with Gasteiger partial charge in [0.2, 0.25) is 0 Å². The second kappa shape index (κ2) is 14.4. The highest BCUT2D eigenvalue weighted by molar-refractivity contribution is 7.22. The van der Waals surface area contributed by atoms with Crippen molar-refractivity contribution < 1.29 is 34.4 Å². The number of phenolic OH excluding ortho intramolecular Hbond substituents is 1. The van der Waals surface area contributed by atoms with E-state index < -0.39 is 11.9 Å². The molecule has 2 saturated heterocycles. The number of carboxylic acids is 2. The van der Waals surface area contributed by atoms with Crippen LogP contribution in [0.1, 0.15) is 35.1 Å². The quantitative estimate of drug-likeness (QED) is 0.182. The van der Waals surface area contributed by atoms with Crippen LogP contribution in [0, 0.1) is 6.92 Å². The van der Waals surface area contributed by atoms with Crippen LogP contribution in [-0.4, -0.2) is 82.4 Å². The molecule has 1 aromatic heterocycles. The first-order valence-corrected chi connectivity index (χ1v) is 15.8. The first-order valence-electron chi connectivity index (χ1n) is 15.0. The number of nitrogens with zero attached hydrogens (tertiary/aromatic N) is 2. The molecule has 3 heterocycles. The van der Waals surface area contributed by atoms with Crippen molar-refractivity contribution in [3.63, 3.8) is 0 Å². The maximum absolute atomic E-state index is 11.7. The van der Waals surface area contributed by atoms with Gasteiger partial charge in [-0.05, 0) is 115 Å². The lowest BCUT2D eigenvalue weighted by Gasteiger charge is -2.17. The number of likely N-dealkylation sites (tertiary alicyclic amines) is 1. The van der Waals surface area contributed by atoms with Gasteiger partial charge < -0.3 is 30.3 Å². The van der Waals surface area contributed by atoms with Crippen LogP contribution in [-0.2, 0) is 22.6 Å². The fourth-order valence-corrected chi connectivity index (χ4v) is 6.94. The average molecular weight is 632 g/mol. The van der Waals surface area contributed by atoms with Crippen molar-refractivity contribution in [2.45, 2.75) is 32.7 Å². The van der Waals surface area contributed by atoms with Crippen LogP contribution in [0.2, 0.25) is 0 Å². The van der Waals surface area contributed by atoms with E-state index in [2.05, 4.69) is 47.5 Å². The zero-order valence-corrected chi connectivity index (χ0v) is 25.9. The Balaban J connectivity index is 0.000000609. The van der Waals surface area contributed by atoms with E-state index in [1.54, 1.807) is 22.3 Å². The number of amides is 2. The number of aryl methyl sites for hydroxylation is 1. The van der Waals surface area contributed by atoms with Crippen LogP contribution >= 0.6 is 11.3 Å². The van der Waals surface area contributed by atoms with E-state index in [9.17, 15) is 9.90 Å². The van der Waals surface area contributed by atoms with Crippen LogP contribution < -0.4 is 10.1 Å². The summed E-state index contributed by atoms with van der Waals surface area (Å²) in [6.07, 6.45) is 3.46. The number of rotatable bonds is 9. The topological polar surface area (TPSA) is 140 Å². The summed E-state index contributed by atoms with van der Waals surface area (Å²) < 4.78 is 7.01. The number of fused-ring (bicyclic) bond motifs is 1. The Morgan fingerprint density at radius 2 is 1.69 bits per heavy atom. The molecule has 0 bridgehead atoms. The second-order valence-electron chi connectivity index (χ2n) is 11.2. The van der Waals surface area contributed by atoms with Gasteiger partial charge in [-0.3, -0.25) is 4.90 Å². The molecule has 4 aromatic rings. The zero-order valence-electron chi connectivity index (χ0n) is 25.1. The Morgan fingerprint density at radius 3 is 2.33 bits per heavy atom. The summed E-state index contributed by atoms with van der Waals surface area (Å²) in [4.78, 5) is 35.5. The van der Waals surface area contributed by atoms with E-state index in [4.69, 9.17) is 24.5 Å². The van der Waals surface area contributed by atoms with Crippen molar-refractivity contribution in [3.05, 3.63) is 82.9 Å². The fraction of sp³-hybridized carbons (Fsp3) is 0.324. The molecular formula is C34H37N3O7S. The van der Waals surface area contributed by atoms with Crippen LogP contribution in [0.4, 0.5) is 4.79 Å². The standard InChI is InChI=1S/C32H35N3O3S.C2H2O4/c1-22-18-23(4-5-25(22)21-34-13-2-3-14-34)19-29-28-11-8-26(36)20-30(28)39-31(29)24-6-9-27(10-7-24)38-17-16-35-15-12-33-32(35)37;3-1(4)2(5)6/h4-11,18,20,36H,2-3,12-17,19,21H2,1H3,(H,33,37);(H,3,4)(H,5,6). The molecule has 2 amide bonds.